The Morgan fingerprint density at radius 3 is 2.76 bits per heavy atom. The lowest BCUT2D eigenvalue weighted by Gasteiger charge is -2.45. The number of amides is 1. The van der Waals surface area contributed by atoms with Gasteiger partial charge in [0.15, 0.2) is 0 Å². The molecular formula is C17H31FN6O. The van der Waals surface area contributed by atoms with Crippen LogP contribution in [-0.2, 0) is 4.79 Å². The zero-order valence-corrected chi connectivity index (χ0v) is 14.9. The van der Waals surface area contributed by atoms with Gasteiger partial charge in [-0.25, -0.2) is 14.8 Å². The van der Waals surface area contributed by atoms with Crippen molar-refractivity contribution in [1.82, 2.24) is 32.1 Å². The maximum Gasteiger partial charge on any atom is 0.243 e. The molecule has 4 atom stereocenters. The summed E-state index contributed by atoms with van der Waals surface area (Å²) in [6.45, 7) is 7.06. The summed E-state index contributed by atoms with van der Waals surface area (Å²) in [5.41, 5.74) is 9.31. The predicted molar refractivity (Wildman–Crippen MR) is 94.5 cm³/mol. The highest BCUT2D eigenvalue weighted by atomic mass is 19.1. The molecule has 3 rings (SSSR count). The summed E-state index contributed by atoms with van der Waals surface area (Å²) in [4.78, 5) is 11.6. The Morgan fingerprint density at radius 1 is 1.36 bits per heavy atom. The highest BCUT2D eigenvalue weighted by Gasteiger charge is 2.40. The molecule has 0 spiro atoms. The zero-order chi connectivity index (χ0) is 17.8. The van der Waals surface area contributed by atoms with Crippen LogP contribution in [0, 0.1) is 11.8 Å². The first kappa shape index (κ1) is 18.7. The number of nitrogens with one attached hydrogen (secondary N) is 5. The minimum absolute atomic E-state index is 0.138. The van der Waals surface area contributed by atoms with Crippen LogP contribution in [0.4, 0.5) is 4.39 Å². The van der Waals surface area contributed by atoms with Crippen molar-refractivity contribution in [3.05, 3.63) is 12.7 Å². The number of piperidine rings is 1. The Bertz CT molecular complexity index is 470. The SMILES string of the molecule is C=CC(=O)NCC1CNC(C2CCC(F)CC2)CC1N1NNNC1C. The van der Waals surface area contributed by atoms with Gasteiger partial charge in [-0.1, -0.05) is 6.58 Å². The maximum absolute atomic E-state index is 13.5. The molecule has 25 heavy (non-hydrogen) atoms. The molecule has 2 saturated heterocycles. The standard InChI is InChI=1S/C17H31FN6O/c1-3-17(25)20-10-13-9-19-15(12-4-6-14(18)7-5-12)8-16(13)24-11(2)21-22-23-24/h3,11-16,19,21-23H,1,4-10H2,2H3,(H,20,25). The Hall–Kier alpha value is -1.06. The number of nitrogens with zero attached hydrogens (tertiary/aromatic N) is 1. The van der Waals surface area contributed by atoms with Crippen LogP contribution in [0.15, 0.2) is 12.7 Å². The normalized spacial score (nSPS) is 39.9. The van der Waals surface area contributed by atoms with Crippen molar-refractivity contribution in [2.24, 2.45) is 11.8 Å². The predicted octanol–water partition coefficient (Wildman–Crippen LogP) is 0.339. The summed E-state index contributed by atoms with van der Waals surface area (Å²) in [5.74, 6) is 0.687. The van der Waals surface area contributed by atoms with E-state index < -0.39 is 6.17 Å². The molecule has 7 nitrogen and oxygen atoms in total. The molecule has 1 saturated carbocycles. The third-order valence-electron chi connectivity index (χ3n) is 5.92. The molecule has 5 N–H and O–H groups in total. The van der Waals surface area contributed by atoms with Crippen LogP contribution >= 0.6 is 0 Å². The van der Waals surface area contributed by atoms with Gasteiger partial charge >= 0.3 is 0 Å². The molecule has 0 aromatic carbocycles. The summed E-state index contributed by atoms with van der Waals surface area (Å²) in [5, 5.41) is 8.79. The van der Waals surface area contributed by atoms with Crippen molar-refractivity contribution < 1.29 is 9.18 Å². The van der Waals surface area contributed by atoms with E-state index >= 15 is 0 Å². The summed E-state index contributed by atoms with van der Waals surface area (Å²) < 4.78 is 13.5. The van der Waals surface area contributed by atoms with Gasteiger partial charge in [0.05, 0.1) is 6.17 Å². The van der Waals surface area contributed by atoms with Crippen LogP contribution in [0.2, 0.25) is 0 Å². The van der Waals surface area contributed by atoms with E-state index in [-0.39, 0.29) is 24.0 Å². The Kier molecular flexibility index (Phi) is 6.40. The van der Waals surface area contributed by atoms with E-state index in [1.165, 1.54) is 6.08 Å². The molecule has 3 aliphatic rings. The van der Waals surface area contributed by atoms with Crippen LogP contribution in [0.3, 0.4) is 0 Å². The van der Waals surface area contributed by atoms with Crippen molar-refractivity contribution in [3.8, 4) is 0 Å². The van der Waals surface area contributed by atoms with Crippen molar-refractivity contribution in [2.75, 3.05) is 13.1 Å². The lowest BCUT2D eigenvalue weighted by molar-refractivity contribution is -0.116. The van der Waals surface area contributed by atoms with Gasteiger partial charge in [0.25, 0.3) is 0 Å². The summed E-state index contributed by atoms with van der Waals surface area (Å²) in [7, 11) is 0. The van der Waals surface area contributed by atoms with Gasteiger partial charge in [0.1, 0.15) is 6.17 Å². The number of rotatable bonds is 5. The molecule has 0 aromatic rings. The number of hydrogen-bond donors (Lipinski definition) is 5. The summed E-state index contributed by atoms with van der Waals surface area (Å²) in [6.07, 6.45) is 5.13. The molecule has 2 heterocycles. The summed E-state index contributed by atoms with van der Waals surface area (Å²) >= 11 is 0. The second kappa shape index (κ2) is 8.55. The number of halogens is 1. The first-order valence-corrected chi connectivity index (χ1v) is 9.40. The molecular weight excluding hydrogens is 323 g/mol. The molecule has 0 radical (unpaired) electrons. The zero-order valence-electron chi connectivity index (χ0n) is 14.9. The van der Waals surface area contributed by atoms with Gasteiger partial charge < -0.3 is 10.6 Å². The third kappa shape index (κ3) is 4.57. The lowest BCUT2D eigenvalue weighted by atomic mass is 9.77. The molecule has 0 aromatic heterocycles. The lowest BCUT2D eigenvalue weighted by Crippen LogP contribution is -2.61. The quantitative estimate of drug-likeness (QED) is 0.458. The van der Waals surface area contributed by atoms with E-state index in [2.05, 4.69) is 45.6 Å². The van der Waals surface area contributed by atoms with Crippen molar-refractivity contribution >= 4 is 5.91 Å². The second-order valence-electron chi connectivity index (χ2n) is 7.50. The molecule has 2 aliphatic heterocycles. The Morgan fingerprint density at radius 2 is 2.12 bits per heavy atom. The first-order valence-electron chi connectivity index (χ1n) is 9.40. The second-order valence-corrected chi connectivity index (χ2v) is 7.50. The molecule has 4 unspecified atom stereocenters. The number of alkyl halides is 1. The monoisotopic (exact) mass is 354 g/mol. The molecule has 1 amide bonds. The van der Waals surface area contributed by atoms with Crippen molar-refractivity contribution in [3.63, 3.8) is 0 Å². The van der Waals surface area contributed by atoms with Crippen molar-refractivity contribution in [1.29, 1.82) is 0 Å². The van der Waals surface area contributed by atoms with Gasteiger partial charge in [-0.05, 0) is 51.0 Å². The number of hydrogen-bond acceptors (Lipinski definition) is 6. The summed E-state index contributed by atoms with van der Waals surface area (Å²) in [6, 6.07) is 0.676. The van der Waals surface area contributed by atoms with Gasteiger partial charge in [0.2, 0.25) is 5.91 Å². The van der Waals surface area contributed by atoms with E-state index in [4.69, 9.17) is 0 Å². The topological polar surface area (TPSA) is 80.5 Å². The van der Waals surface area contributed by atoms with Crippen LogP contribution in [0.1, 0.15) is 39.0 Å². The largest absolute Gasteiger partial charge is 0.352 e. The third-order valence-corrected chi connectivity index (χ3v) is 5.92. The van der Waals surface area contributed by atoms with Crippen LogP contribution in [0.5, 0.6) is 0 Å². The fourth-order valence-corrected chi connectivity index (χ4v) is 4.41. The van der Waals surface area contributed by atoms with Crippen LogP contribution in [0.25, 0.3) is 0 Å². The molecule has 0 bridgehead atoms. The van der Waals surface area contributed by atoms with E-state index in [0.29, 0.717) is 31.3 Å². The Balaban J connectivity index is 1.64. The maximum atomic E-state index is 13.5. The van der Waals surface area contributed by atoms with E-state index in [1.54, 1.807) is 0 Å². The van der Waals surface area contributed by atoms with Gasteiger partial charge in [0, 0.05) is 31.1 Å². The molecule has 142 valence electrons. The van der Waals surface area contributed by atoms with E-state index in [1.807, 2.05) is 0 Å². The number of carbonyl (C=O) groups excluding carboxylic acids is 1. The van der Waals surface area contributed by atoms with Crippen LogP contribution < -0.4 is 27.1 Å². The van der Waals surface area contributed by atoms with E-state index in [9.17, 15) is 9.18 Å². The molecule has 8 heteroatoms. The average Bonchev–Trinajstić information content (AvgIpc) is 3.06. The average molecular weight is 354 g/mol. The van der Waals surface area contributed by atoms with Gasteiger partial charge in [-0.3, -0.25) is 4.79 Å². The first-order chi connectivity index (χ1) is 12.1. The number of hydrazine groups is 3. The molecule has 3 fully saturated rings. The van der Waals surface area contributed by atoms with E-state index in [0.717, 1.165) is 25.8 Å². The van der Waals surface area contributed by atoms with Crippen LogP contribution in [-0.4, -0.2) is 48.4 Å². The molecule has 1 aliphatic carbocycles. The highest BCUT2D eigenvalue weighted by molar-refractivity contribution is 5.86. The fourth-order valence-electron chi connectivity index (χ4n) is 4.41. The Labute approximate surface area is 149 Å². The fraction of sp³-hybridized carbons (Fsp3) is 0.824. The smallest absolute Gasteiger partial charge is 0.243 e. The number of carbonyl (C=O) groups is 1. The minimum Gasteiger partial charge on any atom is -0.352 e. The van der Waals surface area contributed by atoms with Gasteiger partial charge in [-0.2, -0.15) is 11.1 Å². The minimum atomic E-state index is -0.619. The van der Waals surface area contributed by atoms with Crippen molar-refractivity contribution in [2.45, 2.75) is 63.4 Å². The highest BCUT2D eigenvalue weighted by Crippen LogP contribution is 2.33. The van der Waals surface area contributed by atoms with Gasteiger partial charge in [-0.15, -0.1) is 0 Å².